The molecule has 1 aliphatic carbocycles. The van der Waals surface area contributed by atoms with Crippen LogP contribution in [0, 0.1) is 11.3 Å². The Balaban J connectivity index is 1.76. The third-order valence-corrected chi connectivity index (χ3v) is 4.98. The molecule has 25 heavy (non-hydrogen) atoms. The summed E-state index contributed by atoms with van der Waals surface area (Å²) in [7, 11) is 0. The first-order valence-corrected chi connectivity index (χ1v) is 8.83. The molecule has 0 aliphatic heterocycles. The summed E-state index contributed by atoms with van der Waals surface area (Å²) >= 11 is 0. The quantitative estimate of drug-likeness (QED) is 0.816. The van der Waals surface area contributed by atoms with Gasteiger partial charge in [0.05, 0.1) is 17.7 Å². The van der Waals surface area contributed by atoms with Gasteiger partial charge in [-0.05, 0) is 48.1 Å². The highest BCUT2D eigenvalue weighted by Gasteiger charge is 2.28. The van der Waals surface area contributed by atoms with Crippen molar-refractivity contribution in [1.82, 2.24) is 4.90 Å². The highest BCUT2D eigenvalue weighted by atomic mass is 16.3. The number of benzene rings is 2. The molecule has 0 bridgehead atoms. The molecule has 0 heterocycles. The van der Waals surface area contributed by atoms with E-state index in [1.165, 1.54) is 11.1 Å². The van der Waals surface area contributed by atoms with Crippen molar-refractivity contribution in [2.75, 3.05) is 19.7 Å². The van der Waals surface area contributed by atoms with Crippen molar-refractivity contribution >= 4 is 0 Å². The van der Waals surface area contributed by atoms with Gasteiger partial charge in [0.25, 0.3) is 0 Å². The zero-order valence-corrected chi connectivity index (χ0v) is 14.3. The molecule has 3 rings (SSSR count). The minimum Gasteiger partial charge on any atom is -0.396 e. The van der Waals surface area contributed by atoms with Crippen molar-refractivity contribution in [2.24, 2.45) is 0 Å². The fourth-order valence-corrected chi connectivity index (χ4v) is 3.67. The van der Waals surface area contributed by atoms with Gasteiger partial charge in [-0.15, -0.1) is 0 Å². The van der Waals surface area contributed by atoms with Gasteiger partial charge in [0.2, 0.25) is 0 Å². The summed E-state index contributed by atoms with van der Waals surface area (Å²) in [5.74, 6) is 0. The Labute approximate surface area is 149 Å². The first-order valence-electron chi connectivity index (χ1n) is 8.83. The zero-order chi connectivity index (χ0) is 17.6. The average molecular weight is 336 g/mol. The second-order valence-electron chi connectivity index (χ2n) is 6.57. The zero-order valence-electron chi connectivity index (χ0n) is 14.3. The maximum absolute atomic E-state index is 10.7. The van der Waals surface area contributed by atoms with Crippen LogP contribution in [0.25, 0.3) is 0 Å². The normalized spacial score (nSPS) is 17.3. The Morgan fingerprint density at radius 1 is 1.16 bits per heavy atom. The number of aliphatic hydroxyl groups is 2. The van der Waals surface area contributed by atoms with Gasteiger partial charge in [0.1, 0.15) is 0 Å². The van der Waals surface area contributed by atoms with Crippen LogP contribution in [0.3, 0.4) is 0 Å². The molecule has 0 saturated carbocycles. The van der Waals surface area contributed by atoms with Gasteiger partial charge >= 0.3 is 0 Å². The molecule has 4 heteroatoms. The summed E-state index contributed by atoms with van der Waals surface area (Å²) in [5.41, 5.74) is 4.14. The van der Waals surface area contributed by atoms with Crippen LogP contribution >= 0.6 is 0 Å². The van der Waals surface area contributed by atoms with Crippen LogP contribution in [0.15, 0.2) is 48.5 Å². The molecule has 2 unspecified atom stereocenters. The third-order valence-electron chi connectivity index (χ3n) is 4.98. The van der Waals surface area contributed by atoms with E-state index < -0.39 is 6.10 Å². The number of rotatable bonds is 7. The van der Waals surface area contributed by atoms with E-state index in [0.29, 0.717) is 18.5 Å². The summed E-state index contributed by atoms with van der Waals surface area (Å²) in [6.45, 7) is 1.42. The van der Waals surface area contributed by atoms with E-state index >= 15 is 0 Å². The predicted octanol–water partition coefficient (Wildman–Crippen LogP) is 2.96. The molecule has 1 aliphatic rings. The Bertz CT molecular complexity index is 736. The Morgan fingerprint density at radius 2 is 1.92 bits per heavy atom. The summed E-state index contributed by atoms with van der Waals surface area (Å²) < 4.78 is 0. The molecular formula is C21H24N2O2. The molecule has 0 fully saturated rings. The van der Waals surface area contributed by atoms with Gasteiger partial charge in [-0.2, -0.15) is 5.26 Å². The van der Waals surface area contributed by atoms with Gasteiger partial charge in [-0.3, -0.25) is 4.90 Å². The van der Waals surface area contributed by atoms with Crippen LogP contribution in [-0.2, 0) is 6.42 Å². The lowest BCUT2D eigenvalue weighted by Crippen LogP contribution is -2.33. The Kier molecular flexibility index (Phi) is 5.83. The van der Waals surface area contributed by atoms with E-state index in [0.717, 1.165) is 24.9 Å². The minimum atomic E-state index is -0.612. The predicted molar refractivity (Wildman–Crippen MR) is 96.9 cm³/mol. The number of hydrogen-bond acceptors (Lipinski definition) is 4. The van der Waals surface area contributed by atoms with Crippen molar-refractivity contribution in [3.05, 3.63) is 70.8 Å². The van der Waals surface area contributed by atoms with Gasteiger partial charge in [-0.1, -0.05) is 36.4 Å². The number of nitrogens with zero attached hydrogens (tertiary/aromatic N) is 2. The second kappa shape index (κ2) is 8.26. The summed E-state index contributed by atoms with van der Waals surface area (Å²) in [6, 6.07) is 18.0. The molecule has 2 aromatic rings. The van der Waals surface area contributed by atoms with Crippen LogP contribution in [0.1, 0.15) is 47.2 Å². The van der Waals surface area contributed by atoms with E-state index in [1.807, 2.05) is 12.1 Å². The summed E-state index contributed by atoms with van der Waals surface area (Å²) in [4.78, 5) is 2.28. The first kappa shape index (κ1) is 17.6. The van der Waals surface area contributed by atoms with Crippen molar-refractivity contribution in [2.45, 2.75) is 31.4 Å². The maximum Gasteiger partial charge on any atom is 0.0991 e. The number of fused-ring (bicyclic) bond motifs is 1. The largest absolute Gasteiger partial charge is 0.396 e. The van der Waals surface area contributed by atoms with Crippen molar-refractivity contribution in [3.63, 3.8) is 0 Å². The van der Waals surface area contributed by atoms with Crippen LogP contribution < -0.4 is 0 Å². The molecule has 0 saturated heterocycles. The van der Waals surface area contributed by atoms with Crippen LogP contribution in [0.4, 0.5) is 0 Å². The van der Waals surface area contributed by atoms with E-state index in [-0.39, 0.29) is 12.6 Å². The lowest BCUT2D eigenvalue weighted by atomic mass is 10.0. The van der Waals surface area contributed by atoms with E-state index in [2.05, 4.69) is 35.2 Å². The lowest BCUT2D eigenvalue weighted by molar-refractivity contribution is 0.0809. The van der Waals surface area contributed by atoms with Gasteiger partial charge in [-0.25, -0.2) is 0 Å². The van der Waals surface area contributed by atoms with Gasteiger partial charge < -0.3 is 10.2 Å². The molecule has 4 nitrogen and oxygen atoms in total. The third kappa shape index (κ3) is 4.08. The fraction of sp³-hybridized carbons (Fsp3) is 0.381. The smallest absolute Gasteiger partial charge is 0.0991 e. The summed E-state index contributed by atoms with van der Waals surface area (Å²) in [6.07, 6.45) is 2.19. The maximum atomic E-state index is 10.7. The minimum absolute atomic E-state index is 0.151. The number of aryl methyl sites for hydroxylation is 1. The topological polar surface area (TPSA) is 67.5 Å². The van der Waals surface area contributed by atoms with Gasteiger partial charge in [0.15, 0.2) is 0 Å². The van der Waals surface area contributed by atoms with Crippen molar-refractivity contribution in [1.29, 1.82) is 5.26 Å². The Hall–Kier alpha value is -2.19. The molecule has 130 valence electrons. The second-order valence-corrected chi connectivity index (χ2v) is 6.57. The number of nitriles is 1. The molecule has 2 aromatic carbocycles. The van der Waals surface area contributed by atoms with Crippen molar-refractivity contribution in [3.8, 4) is 6.07 Å². The number of aliphatic hydroxyl groups excluding tert-OH is 2. The van der Waals surface area contributed by atoms with E-state index in [9.17, 15) is 10.2 Å². The van der Waals surface area contributed by atoms with Crippen molar-refractivity contribution < 1.29 is 10.2 Å². The monoisotopic (exact) mass is 336 g/mol. The molecule has 0 radical (unpaired) electrons. The lowest BCUT2D eigenvalue weighted by Gasteiger charge is -2.31. The average Bonchev–Trinajstić information content (AvgIpc) is 3.09. The molecule has 0 aromatic heterocycles. The summed E-state index contributed by atoms with van der Waals surface area (Å²) in [5, 5.41) is 28.8. The SMILES string of the molecule is N#Cc1ccc(C(O)CN(CCCO)C2CCc3ccccc32)cc1. The van der Waals surface area contributed by atoms with Gasteiger partial charge in [0, 0.05) is 25.7 Å². The van der Waals surface area contributed by atoms with Crippen LogP contribution in [-0.4, -0.2) is 34.8 Å². The molecule has 2 N–H and O–H groups in total. The standard InChI is InChI=1S/C21H24N2O2/c22-14-16-6-8-18(9-7-16)21(25)15-23(12-3-13-24)20-11-10-17-4-1-2-5-19(17)20/h1-2,4-9,20-21,24-25H,3,10-13,15H2. The highest BCUT2D eigenvalue weighted by Crippen LogP contribution is 2.36. The van der Waals surface area contributed by atoms with Crippen LogP contribution in [0.2, 0.25) is 0 Å². The van der Waals surface area contributed by atoms with Crippen LogP contribution in [0.5, 0.6) is 0 Å². The van der Waals surface area contributed by atoms with E-state index in [4.69, 9.17) is 5.26 Å². The molecule has 0 spiro atoms. The fourth-order valence-electron chi connectivity index (χ4n) is 3.67. The highest BCUT2D eigenvalue weighted by molar-refractivity contribution is 5.35. The first-order chi connectivity index (χ1) is 12.2. The molecule has 0 amide bonds. The van der Waals surface area contributed by atoms with E-state index in [1.54, 1.807) is 12.1 Å². The molecular weight excluding hydrogens is 312 g/mol. The Morgan fingerprint density at radius 3 is 2.64 bits per heavy atom. The molecule has 2 atom stereocenters. The number of hydrogen-bond donors (Lipinski definition) is 2.